The summed E-state index contributed by atoms with van der Waals surface area (Å²) in [6.45, 7) is 5.78. The van der Waals surface area contributed by atoms with E-state index in [1.807, 2.05) is 18.2 Å². The minimum absolute atomic E-state index is 0.00896. The molecule has 2 rings (SSSR count). The van der Waals surface area contributed by atoms with Crippen LogP contribution < -0.4 is 0 Å². The molecule has 112 valence electrons. The predicted octanol–water partition coefficient (Wildman–Crippen LogP) is 3.02. The highest BCUT2D eigenvalue weighted by atomic mass is 16.5. The first kappa shape index (κ1) is 15.5. The van der Waals surface area contributed by atoms with Crippen LogP contribution >= 0.6 is 0 Å². The summed E-state index contributed by atoms with van der Waals surface area (Å²) >= 11 is 0. The van der Waals surface area contributed by atoms with Crippen molar-refractivity contribution in [1.82, 2.24) is 0 Å². The quantitative estimate of drug-likeness (QED) is 0.869. The normalized spacial score (nSPS) is 28.2. The molecule has 1 heterocycles. The van der Waals surface area contributed by atoms with Crippen LogP contribution in [0.25, 0.3) is 0 Å². The van der Waals surface area contributed by atoms with Crippen LogP contribution in [0.5, 0.6) is 0 Å². The molecular weight excluding hydrogens is 252 g/mol. The molecule has 0 saturated carbocycles. The lowest BCUT2D eigenvalue weighted by atomic mass is 9.89. The Bertz CT molecular complexity index is 379. The standard InChI is InChI=1S/C17H26O3/c1-13-8-9-16(20-17(13)10-18)14(2)11-19-12-15-6-4-3-5-7-15/h3-7,13-14,16-18H,8-12H2,1-2H3/t13-,14+,16-,17+/m0/s1. The monoisotopic (exact) mass is 278 g/mol. The average molecular weight is 278 g/mol. The lowest BCUT2D eigenvalue weighted by molar-refractivity contribution is -0.127. The number of ether oxygens (including phenoxy) is 2. The topological polar surface area (TPSA) is 38.7 Å². The summed E-state index contributed by atoms with van der Waals surface area (Å²) in [7, 11) is 0. The maximum absolute atomic E-state index is 9.33. The van der Waals surface area contributed by atoms with E-state index >= 15 is 0 Å². The van der Waals surface area contributed by atoms with Crippen molar-refractivity contribution in [3.63, 3.8) is 0 Å². The molecule has 1 aliphatic heterocycles. The first-order valence-electron chi connectivity index (χ1n) is 7.58. The summed E-state index contributed by atoms with van der Waals surface area (Å²) in [5.41, 5.74) is 1.20. The van der Waals surface area contributed by atoms with Crippen LogP contribution in [-0.4, -0.2) is 30.5 Å². The average Bonchev–Trinajstić information content (AvgIpc) is 2.48. The molecule has 0 amide bonds. The molecule has 1 aromatic carbocycles. The van der Waals surface area contributed by atoms with Crippen molar-refractivity contribution in [2.75, 3.05) is 13.2 Å². The lowest BCUT2D eigenvalue weighted by Gasteiger charge is -2.36. The van der Waals surface area contributed by atoms with E-state index in [0.717, 1.165) is 12.8 Å². The zero-order chi connectivity index (χ0) is 14.4. The molecule has 4 atom stereocenters. The van der Waals surface area contributed by atoms with Crippen molar-refractivity contribution in [3.05, 3.63) is 35.9 Å². The zero-order valence-electron chi connectivity index (χ0n) is 12.5. The fourth-order valence-corrected chi connectivity index (χ4v) is 2.73. The van der Waals surface area contributed by atoms with Crippen LogP contribution in [0.3, 0.4) is 0 Å². The van der Waals surface area contributed by atoms with Gasteiger partial charge >= 0.3 is 0 Å². The molecule has 20 heavy (non-hydrogen) atoms. The van der Waals surface area contributed by atoms with E-state index in [2.05, 4.69) is 26.0 Å². The summed E-state index contributed by atoms with van der Waals surface area (Å²) in [6, 6.07) is 10.2. The smallest absolute Gasteiger partial charge is 0.0835 e. The molecule has 0 aliphatic carbocycles. The van der Waals surface area contributed by atoms with Crippen LogP contribution in [0.4, 0.5) is 0 Å². The van der Waals surface area contributed by atoms with Gasteiger partial charge in [-0.1, -0.05) is 44.2 Å². The first-order chi connectivity index (χ1) is 9.70. The van der Waals surface area contributed by atoms with Crippen LogP contribution in [0, 0.1) is 11.8 Å². The van der Waals surface area contributed by atoms with Crippen molar-refractivity contribution >= 4 is 0 Å². The summed E-state index contributed by atoms with van der Waals surface area (Å²) < 4.78 is 11.8. The summed E-state index contributed by atoms with van der Waals surface area (Å²) in [5.74, 6) is 0.814. The van der Waals surface area contributed by atoms with E-state index in [9.17, 15) is 5.11 Å². The number of benzene rings is 1. The Hall–Kier alpha value is -0.900. The van der Waals surface area contributed by atoms with Gasteiger partial charge in [-0.05, 0) is 24.3 Å². The van der Waals surface area contributed by atoms with Gasteiger partial charge in [-0.2, -0.15) is 0 Å². The zero-order valence-corrected chi connectivity index (χ0v) is 12.5. The Morgan fingerprint density at radius 3 is 2.75 bits per heavy atom. The number of aliphatic hydroxyl groups is 1. The maximum atomic E-state index is 9.33. The molecule has 1 fully saturated rings. The van der Waals surface area contributed by atoms with Crippen LogP contribution in [-0.2, 0) is 16.1 Å². The molecule has 0 radical (unpaired) electrons. The van der Waals surface area contributed by atoms with Crippen molar-refractivity contribution in [2.45, 2.75) is 45.5 Å². The Morgan fingerprint density at radius 1 is 1.30 bits per heavy atom. The van der Waals surface area contributed by atoms with E-state index in [-0.39, 0.29) is 18.8 Å². The van der Waals surface area contributed by atoms with Gasteiger partial charge in [0.25, 0.3) is 0 Å². The van der Waals surface area contributed by atoms with Gasteiger partial charge in [-0.3, -0.25) is 0 Å². The van der Waals surface area contributed by atoms with Gasteiger partial charge in [-0.15, -0.1) is 0 Å². The van der Waals surface area contributed by atoms with Crippen molar-refractivity contribution in [3.8, 4) is 0 Å². The number of hydrogen-bond donors (Lipinski definition) is 1. The van der Waals surface area contributed by atoms with E-state index in [0.29, 0.717) is 25.0 Å². The van der Waals surface area contributed by atoms with Crippen molar-refractivity contribution < 1.29 is 14.6 Å². The minimum Gasteiger partial charge on any atom is -0.394 e. The molecule has 1 saturated heterocycles. The van der Waals surface area contributed by atoms with Gasteiger partial charge in [0.15, 0.2) is 0 Å². The van der Waals surface area contributed by atoms with Gasteiger partial charge in [0.05, 0.1) is 32.0 Å². The second-order valence-corrected chi connectivity index (χ2v) is 5.93. The molecule has 0 aromatic heterocycles. The van der Waals surface area contributed by atoms with Crippen LogP contribution in [0.1, 0.15) is 32.3 Å². The second-order valence-electron chi connectivity index (χ2n) is 5.93. The summed E-state index contributed by atoms with van der Waals surface area (Å²) in [5, 5.41) is 9.33. The van der Waals surface area contributed by atoms with Gasteiger partial charge in [-0.25, -0.2) is 0 Å². The van der Waals surface area contributed by atoms with E-state index in [1.54, 1.807) is 0 Å². The number of rotatable bonds is 6. The molecule has 1 N–H and O–H groups in total. The third-order valence-electron chi connectivity index (χ3n) is 4.20. The first-order valence-corrected chi connectivity index (χ1v) is 7.58. The fraction of sp³-hybridized carbons (Fsp3) is 0.647. The molecule has 0 spiro atoms. The summed E-state index contributed by atoms with van der Waals surface area (Å²) in [6.07, 6.45) is 2.39. The van der Waals surface area contributed by atoms with Crippen molar-refractivity contribution in [1.29, 1.82) is 0 Å². The van der Waals surface area contributed by atoms with Gasteiger partial charge in [0.1, 0.15) is 0 Å². The summed E-state index contributed by atoms with van der Waals surface area (Å²) in [4.78, 5) is 0. The largest absolute Gasteiger partial charge is 0.394 e. The maximum Gasteiger partial charge on any atom is 0.0835 e. The molecule has 3 heteroatoms. The molecule has 1 aromatic rings. The third-order valence-corrected chi connectivity index (χ3v) is 4.20. The number of aliphatic hydroxyl groups excluding tert-OH is 1. The van der Waals surface area contributed by atoms with Gasteiger partial charge < -0.3 is 14.6 Å². The number of hydrogen-bond acceptors (Lipinski definition) is 3. The van der Waals surface area contributed by atoms with Crippen molar-refractivity contribution in [2.24, 2.45) is 11.8 Å². The van der Waals surface area contributed by atoms with Crippen LogP contribution in [0.15, 0.2) is 30.3 Å². The highest BCUT2D eigenvalue weighted by molar-refractivity contribution is 5.13. The second kappa shape index (κ2) is 7.77. The van der Waals surface area contributed by atoms with E-state index < -0.39 is 0 Å². The Labute approximate surface area is 121 Å². The Kier molecular flexibility index (Phi) is 6.02. The molecular formula is C17H26O3. The predicted molar refractivity (Wildman–Crippen MR) is 79.4 cm³/mol. The molecule has 1 aliphatic rings. The Balaban J connectivity index is 1.73. The highest BCUT2D eigenvalue weighted by Gasteiger charge is 2.30. The van der Waals surface area contributed by atoms with Crippen LogP contribution in [0.2, 0.25) is 0 Å². The minimum atomic E-state index is -0.00896. The van der Waals surface area contributed by atoms with Gasteiger partial charge in [0.2, 0.25) is 0 Å². The highest BCUT2D eigenvalue weighted by Crippen LogP contribution is 2.28. The lowest BCUT2D eigenvalue weighted by Crippen LogP contribution is -2.40. The Morgan fingerprint density at radius 2 is 2.05 bits per heavy atom. The molecule has 0 bridgehead atoms. The van der Waals surface area contributed by atoms with Gasteiger partial charge in [0, 0.05) is 5.92 Å². The molecule has 3 nitrogen and oxygen atoms in total. The fourth-order valence-electron chi connectivity index (χ4n) is 2.73. The van der Waals surface area contributed by atoms with E-state index in [4.69, 9.17) is 9.47 Å². The SMILES string of the molecule is C[C@H](COCc1ccccc1)[C@@H]1CC[C@H](C)[C@@H](CO)O1. The molecule has 0 unspecified atom stereocenters. The van der Waals surface area contributed by atoms with E-state index in [1.165, 1.54) is 5.56 Å². The third kappa shape index (κ3) is 4.30.